The molecule has 29 heavy (non-hydrogen) atoms. The van der Waals surface area contributed by atoms with Crippen LogP contribution in [0.4, 0.5) is 13.2 Å². The Morgan fingerprint density at radius 2 is 1.93 bits per heavy atom. The number of pyridine rings is 1. The van der Waals surface area contributed by atoms with E-state index in [1.165, 1.54) is 17.7 Å². The van der Waals surface area contributed by atoms with Gasteiger partial charge in [-0.15, -0.1) is 0 Å². The Morgan fingerprint density at radius 3 is 2.62 bits per heavy atom. The minimum atomic E-state index is -4.39. The molecule has 4 rings (SSSR count). The Hall–Kier alpha value is -2.93. The third-order valence-electron chi connectivity index (χ3n) is 5.03. The summed E-state index contributed by atoms with van der Waals surface area (Å²) in [7, 11) is 0. The normalized spacial score (nSPS) is 16.1. The molecule has 2 heterocycles. The first kappa shape index (κ1) is 19.4. The minimum Gasteiger partial charge on any atom is -0.377 e. The molecule has 7 heteroatoms. The van der Waals surface area contributed by atoms with E-state index in [0.717, 1.165) is 35.4 Å². The van der Waals surface area contributed by atoms with E-state index in [1.54, 1.807) is 6.20 Å². The van der Waals surface area contributed by atoms with Crippen LogP contribution in [-0.2, 0) is 28.5 Å². The SMILES string of the molecule is O=C(Cc1ccc(C(F)(F)F)cc1)NC1=CCc2nccc(C3=CCOCC3)c21. The molecule has 0 saturated carbocycles. The summed E-state index contributed by atoms with van der Waals surface area (Å²) in [6, 6.07) is 6.59. The molecule has 0 atom stereocenters. The van der Waals surface area contributed by atoms with Gasteiger partial charge in [0, 0.05) is 23.9 Å². The van der Waals surface area contributed by atoms with Gasteiger partial charge in [0.1, 0.15) is 0 Å². The van der Waals surface area contributed by atoms with Crippen molar-refractivity contribution in [3.05, 3.63) is 76.6 Å². The number of carbonyl (C=O) groups is 1. The lowest BCUT2D eigenvalue weighted by atomic mass is 9.96. The lowest BCUT2D eigenvalue weighted by molar-refractivity contribution is -0.137. The van der Waals surface area contributed by atoms with E-state index in [1.807, 2.05) is 18.2 Å². The highest BCUT2D eigenvalue weighted by Crippen LogP contribution is 2.34. The van der Waals surface area contributed by atoms with Crippen LogP contribution in [0.15, 0.2) is 48.7 Å². The second kappa shape index (κ2) is 7.83. The number of alkyl halides is 3. The van der Waals surface area contributed by atoms with Crippen LogP contribution in [0.2, 0.25) is 0 Å². The van der Waals surface area contributed by atoms with Crippen molar-refractivity contribution in [3.8, 4) is 0 Å². The van der Waals surface area contributed by atoms with Gasteiger partial charge in [-0.1, -0.05) is 24.3 Å². The van der Waals surface area contributed by atoms with Crippen molar-refractivity contribution >= 4 is 17.2 Å². The van der Waals surface area contributed by atoms with Crippen molar-refractivity contribution in [2.24, 2.45) is 0 Å². The molecule has 0 fully saturated rings. The predicted molar refractivity (Wildman–Crippen MR) is 103 cm³/mol. The molecular weight excluding hydrogens is 381 g/mol. The summed E-state index contributed by atoms with van der Waals surface area (Å²) in [4.78, 5) is 16.9. The highest BCUT2D eigenvalue weighted by atomic mass is 19.4. The molecule has 0 bridgehead atoms. The molecule has 4 nitrogen and oxygen atoms in total. The molecule has 2 aromatic rings. The van der Waals surface area contributed by atoms with E-state index >= 15 is 0 Å². The van der Waals surface area contributed by atoms with Crippen molar-refractivity contribution < 1.29 is 22.7 Å². The number of benzene rings is 1. The average Bonchev–Trinajstić information content (AvgIpc) is 3.11. The van der Waals surface area contributed by atoms with E-state index < -0.39 is 11.7 Å². The Balaban J connectivity index is 1.49. The number of hydrogen-bond donors (Lipinski definition) is 1. The van der Waals surface area contributed by atoms with E-state index in [0.29, 0.717) is 30.9 Å². The van der Waals surface area contributed by atoms with E-state index in [2.05, 4.69) is 10.3 Å². The number of rotatable bonds is 4. The van der Waals surface area contributed by atoms with Crippen LogP contribution < -0.4 is 5.32 Å². The van der Waals surface area contributed by atoms with Crippen LogP contribution in [0.25, 0.3) is 11.3 Å². The van der Waals surface area contributed by atoms with Gasteiger partial charge in [-0.25, -0.2) is 0 Å². The maximum Gasteiger partial charge on any atom is 0.416 e. The predicted octanol–water partition coefficient (Wildman–Crippen LogP) is 4.16. The summed E-state index contributed by atoms with van der Waals surface area (Å²) in [6.45, 7) is 1.22. The fourth-order valence-corrected chi connectivity index (χ4v) is 3.61. The van der Waals surface area contributed by atoms with Crippen molar-refractivity contribution in [1.29, 1.82) is 0 Å². The maximum atomic E-state index is 12.7. The number of aromatic nitrogens is 1. The molecule has 1 aromatic heterocycles. The van der Waals surface area contributed by atoms with Gasteiger partial charge in [0.2, 0.25) is 5.91 Å². The Kier molecular flexibility index (Phi) is 5.24. The second-order valence-electron chi connectivity index (χ2n) is 6.98. The van der Waals surface area contributed by atoms with Gasteiger partial charge in [0.25, 0.3) is 0 Å². The van der Waals surface area contributed by atoms with Gasteiger partial charge in [-0.2, -0.15) is 13.2 Å². The Bertz CT molecular complexity index is 992. The number of halogens is 3. The molecule has 2 aliphatic rings. The molecule has 1 aliphatic heterocycles. The summed E-state index contributed by atoms with van der Waals surface area (Å²) in [5, 5.41) is 2.91. The van der Waals surface area contributed by atoms with Crippen LogP contribution in [0.1, 0.15) is 34.4 Å². The fraction of sp³-hybridized carbons (Fsp3) is 0.273. The van der Waals surface area contributed by atoms with Crippen LogP contribution in [0, 0.1) is 0 Å². The third kappa shape index (κ3) is 4.24. The third-order valence-corrected chi connectivity index (χ3v) is 5.03. The molecule has 0 saturated heterocycles. The second-order valence-corrected chi connectivity index (χ2v) is 6.98. The first-order chi connectivity index (χ1) is 13.9. The summed E-state index contributed by atoms with van der Waals surface area (Å²) in [6.07, 6.45) is 2.76. The monoisotopic (exact) mass is 400 g/mol. The topological polar surface area (TPSA) is 51.2 Å². The highest BCUT2D eigenvalue weighted by Gasteiger charge is 2.30. The molecule has 0 radical (unpaired) electrons. The van der Waals surface area contributed by atoms with Crippen LogP contribution in [0.5, 0.6) is 0 Å². The standard InChI is InChI=1S/C22H19F3N2O2/c23-22(24,25)16-3-1-14(2-4-16)13-20(28)27-19-6-5-18-21(19)17(7-10-26-18)15-8-11-29-12-9-15/h1-4,6-8,10H,5,9,11-13H2,(H,27,28). The molecule has 0 spiro atoms. The van der Waals surface area contributed by atoms with Crippen LogP contribution in [-0.4, -0.2) is 24.1 Å². The number of ether oxygens (including phenoxy) is 1. The number of fused-ring (bicyclic) bond motifs is 1. The van der Waals surface area contributed by atoms with Gasteiger partial charge in [-0.3, -0.25) is 9.78 Å². The number of nitrogens with one attached hydrogen (secondary N) is 1. The summed E-state index contributed by atoms with van der Waals surface area (Å²) >= 11 is 0. The maximum absolute atomic E-state index is 12.7. The number of hydrogen-bond acceptors (Lipinski definition) is 3. The largest absolute Gasteiger partial charge is 0.416 e. The van der Waals surface area contributed by atoms with Crippen molar-refractivity contribution in [2.75, 3.05) is 13.2 Å². The van der Waals surface area contributed by atoms with Gasteiger partial charge < -0.3 is 10.1 Å². The molecule has 1 aliphatic carbocycles. The molecular formula is C22H19F3N2O2. The first-order valence-electron chi connectivity index (χ1n) is 9.33. The Labute approximate surface area is 166 Å². The average molecular weight is 400 g/mol. The van der Waals surface area contributed by atoms with Crippen LogP contribution >= 0.6 is 0 Å². The van der Waals surface area contributed by atoms with Crippen molar-refractivity contribution in [3.63, 3.8) is 0 Å². The zero-order valence-corrected chi connectivity index (χ0v) is 15.6. The van der Waals surface area contributed by atoms with Crippen molar-refractivity contribution in [2.45, 2.75) is 25.4 Å². The van der Waals surface area contributed by atoms with E-state index in [9.17, 15) is 18.0 Å². The molecule has 1 N–H and O–H groups in total. The fourth-order valence-electron chi connectivity index (χ4n) is 3.61. The zero-order valence-electron chi connectivity index (χ0n) is 15.6. The highest BCUT2D eigenvalue weighted by molar-refractivity contribution is 5.92. The van der Waals surface area contributed by atoms with Crippen molar-refractivity contribution in [1.82, 2.24) is 10.3 Å². The van der Waals surface area contributed by atoms with Gasteiger partial charge in [0.05, 0.1) is 30.9 Å². The molecule has 0 unspecified atom stereocenters. The first-order valence-corrected chi connectivity index (χ1v) is 9.33. The number of nitrogens with zero attached hydrogens (tertiary/aromatic N) is 1. The van der Waals surface area contributed by atoms with Gasteiger partial charge in [0.15, 0.2) is 0 Å². The van der Waals surface area contributed by atoms with E-state index in [4.69, 9.17) is 4.74 Å². The van der Waals surface area contributed by atoms with Gasteiger partial charge >= 0.3 is 6.18 Å². The smallest absolute Gasteiger partial charge is 0.377 e. The number of amides is 1. The number of carbonyl (C=O) groups excluding carboxylic acids is 1. The quantitative estimate of drug-likeness (QED) is 0.839. The number of allylic oxidation sites excluding steroid dienone is 1. The summed E-state index contributed by atoms with van der Waals surface area (Å²) < 4.78 is 43.4. The summed E-state index contributed by atoms with van der Waals surface area (Å²) in [5.41, 5.74) is 4.52. The zero-order chi connectivity index (χ0) is 20.4. The lowest BCUT2D eigenvalue weighted by Crippen LogP contribution is -2.24. The summed E-state index contributed by atoms with van der Waals surface area (Å²) in [5.74, 6) is -0.278. The van der Waals surface area contributed by atoms with Gasteiger partial charge in [-0.05, 0) is 41.3 Å². The van der Waals surface area contributed by atoms with Crippen LogP contribution in [0.3, 0.4) is 0 Å². The molecule has 1 amide bonds. The minimum absolute atomic E-state index is 0.00303. The molecule has 1 aromatic carbocycles. The molecule has 150 valence electrons. The van der Waals surface area contributed by atoms with E-state index in [-0.39, 0.29) is 12.3 Å². The lowest BCUT2D eigenvalue weighted by Gasteiger charge is -2.18. The Morgan fingerprint density at radius 1 is 1.14 bits per heavy atom.